The second-order valence-corrected chi connectivity index (χ2v) is 7.17. The molecule has 2 atom stereocenters. The Kier molecular flexibility index (Phi) is 7.30. The highest BCUT2D eigenvalue weighted by Gasteiger charge is 2.52. The second-order valence-electron chi connectivity index (χ2n) is 7.17. The molecule has 0 radical (unpaired) electrons. The molecule has 1 fully saturated rings. The van der Waals surface area contributed by atoms with Crippen LogP contribution in [0.3, 0.4) is 0 Å². The maximum atomic E-state index is 13.3. The monoisotopic (exact) mass is 406 g/mol. The van der Waals surface area contributed by atoms with Crippen molar-refractivity contribution in [3.63, 3.8) is 0 Å². The molecule has 0 unspecified atom stereocenters. The van der Waals surface area contributed by atoms with Crippen LogP contribution in [0.1, 0.15) is 52.0 Å². The summed E-state index contributed by atoms with van der Waals surface area (Å²) in [4.78, 5) is 50.4. The van der Waals surface area contributed by atoms with Crippen LogP contribution in [0.4, 0.5) is 14.0 Å². The first-order valence-electron chi connectivity index (χ1n) is 9.74. The van der Waals surface area contributed by atoms with E-state index >= 15 is 0 Å². The van der Waals surface area contributed by atoms with Gasteiger partial charge in [-0.1, -0.05) is 38.8 Å². The number of carbonyl (C=O) groups excluding carboxylic acids is 4. The molecule has 158 valence electrons. The number of amides is 6. The number of halogens is 1. The topological polar surface area (TPSA) is 108 Å². The van der Waals surface area contributed by atoms with Crippen molar-refractivity contribution < 1.29 is 23.6 Å². The number of benzene rings is 1. The third kappa shape index (κ3) is 5.10. The van der Waals surface area contributed by atoms with E-state index in [2.05, 4.69) is 16.0 Å². The van der Waals surface area contributed by atoms with Gasteiger partial charge in [0.1, 0.15) is 17.9 Å². The lowest BCUT2D eigenvalue weighted by Gasteiger charge is -2.27. The predicted molar refractivity (Wildman–Crippen MR) is 104 cm³/mol. The quantitative estimate of drug-likeness (QED) is 0.576. The highest BCUT2D eigenvalue weighted by molar-refractivity contribution is 6.10. The number of carbonyl (C=O) groups is 4. The lowest BCUT2D eigenvalue weighted by Crippen LogP contribution is -2.48. The molecule has 0 saturated carbocycles. The van der Waals surface area contributed by atoms with E-state index in [0.29, 0.717) is 24.8 Å². The van der Waals surface area contributed by atoms with Crippen molar-refractivity contribution in [2.24, 2.45) is 0 Å². The summed E-state index contributed by atoms with van der Waals surface area (Å²) in [5.74, 6) is -1.83. The average molecular weight is 406 g/mol. The van der Waals surface area contributed by atoms with Gasteiger partial charge >= 0.3 is 12.1 Å². The minimum Gasteiger partial charge on any atom is -0.335 e. The first-order valence-corrected chi connectivity index (χ1v) is 9.74. The lowest BCUT2D eigenvalue weighted by molar-refractivity contribution is -0.135. The van der Waals surface area contributed by atoms with E-state index in [-0.39, 0.29) is 6.04 Å². The lowest BCUT2D eigenvalue weighted by atomic mass is 9.85. The summed E-state index contributed by atoms with van der Waals surface area (Å²) >= 11 is 0. The Morgan fingerprint density at radius 2 is 1.86 bits per heavy atom. The van der Waals surface area contributed by atoms with E-state index in [4.69, 9.17) is 0 Å². The molecule has 3 N–H and O–H groups in total. The van der Waals surface area contributed by atoms with Gasteiger partial charge in [0.2, 0.25) is 5.91 Å². The van der Waals surface area contributed by atoms with Gasteiger partial charge in [0.25, 0.3) is 5.91 Å². The molecule has 0 aromatic heterocycles. The highest BCUT2D eigenvalue weighted by atomic mass is 19.1. The maximum absolute atomic E-state index is 13.3. The van der Waals surface area contributed by atoms with Gasteiger partial charge in [0, 0.05) is 6.04 Å². The van der Waals surface area contributed by atoms with E-state index in [0.717, 1.165) is 11.3 Å². The average Bonchev–Trinajstić information content (AvgIpc) is 2.91. The summed E-state index contributed by atoms with van der Waals surface area (Å²) in [5.41, 5.74) is -0.914. The first kappa shape index (κ1) is 22.3. The molecule has 0 aliphatic carbocycles. The zero-order chi connectivity index (χ0) is 21.6. The largest absolute Gasteiger partial charge is 0.335 e. The summed E-state index contributed by atoms with van der Waals surface area (Å²) in [6.07, 6.45) is 2.42. The molecule has 1 aromatic rings. The number of rotatable bonds is 8. The Balaban J connectivity index is 2.17. The fourth-order valence-corrected chi connectivity index (χ4v) is 3.13. The summed E-state index contributed by atoms with van der Waals surface area (Å²) in [5, 5.41) is 7.36. The number of nitrogens with zero attached hydrogens (tertiary/aromatic N) is 1. The fraction of sp³-hybridized carbons (Fsp3) is 0.500. The van der Waals surface area contributed by atoms with Crippen molar-refractivity contribution >= 4 is 23.9 Å². The highest BCUT2D eigenvalue weighted by Crippen LogP contribution is 2.34. The number of nitrogens with one attached hydrogen (secondary N) is 3. The molecule has 1 aromatic carbocycles. The molecule has 9 heteroatoms. The van der Waals surface area contributed by atoms with E-state index in [1.54, 1.807) is 6.92 Å². The van der Waals surface area contributed by atoms with E-state index in [1.807, 2.05) is 13.8 Å². The molecule has 1 aliphatic rings. The van der Waals surface area contributed by atoms with Crippen molar-refractivity contribution in [1.82, 2.24) is 20.9 Å². The number of hydrogen-bond acceptors (Lipinski definition) is 4. The van der Waals surface area contributed by atoms with E-state index in [9.17, 15) is 23.6 Å². The molecule has 8 nitrogen and oxygen atoms in total. The summed E-state index contributed by atoms with van der Waals surface area (Å²) in [7, 11) is 0. The molecule has 1 aliphatic heterocycles. The SMILES string of the molecule is CCCC[C@@]1(c2ccc(F)cc2)NC(=O)N(CC(=O)NC(=O)N[C@H](C)CC)C1=O. The van der Waals surface area contributed by atoms with E-state index in [1.165, 1.54) is 24.3 Å². The summed E-state index contributed by atoms with van der Waals surface area (Å²) < 4.78 is 13.3. The Bertz CT molecular complexity index is 783. The normalized spacial score (nSPS) is 19.7. The van der Waals surface area contributed by atoms with Crippen molar-refractivity contribution in [2.75, 3.05) is 6.54 Å². The first-order chi connectivity index (χ1) is 13.7. The number of imide groups is 2. The molecule has 0 bridgehead atoms. The van der Waals surface area contributed by atoms with Crippen LogP contribution in [0.25, 0.3) is 0 Å². The van der Waals surface area contributed by atoms with Gasteiger partial charge in [0.15, 0.2) is 0 Å². The Morgan fingerprint density at radius 1 is 1.21 bits per heavy atom. The van der Waals surface area contributed by atoms with E-state index < -0.39 is 41.8 Å². The third-order valence-corrected chi connectivity index (χ3v) is 4.96. The number of unbranched alkanes of at least 4 members (excludes halogenated alkanes) is 1. The van der Waals surface area contributed by atoms with Crippen LogP contribution in [0.5, 0.6) is 0 Å². The summed E-state index contributed by atoms with van der Waals surface area (Å²) in [6.45, 7) is 5.02. The summed E-state index contributed by atoms with van der Waals surface area (Å²) in [6, 6.07) is 3.80. The van der Waals surface area contributed by atoms with Crippen LogP contribution in [-0.4, -0.2) is 41.4 Å². The number of urea groups is 2. The minimum absolute atomic E-state index is 0.125. The van der Waals surface area contributed by atoms with Gasteiger partial charge in [-0.2, -0.15) is 0 Å². The molecule has 1 saturated heterocycles. The van der Waals surface area contributed by atoms with Gasteiger partial charge in [-0.25, -0.2) is 14.0 Å². The molecule has 0 spiro atoms. The van der Waals surface area contributed by atoms with Crippen molar-refractivity contribution in [3.8, 4) is 0 Å². The van der Waals surface area contributed by atoms with Gasteiger partial charge in [-0.05, 0) is 37.5 Å². The van der Waals surface area contributed by atoms with Crippen molar-refractivity contribution in [3.05, 3.63) is 35.6 Å². The zero-order valence-electron chi connectivity index (χ0n) is 16.9. The maximum Gasteiger partial charge on any atom is 0.325 e. The fourth-order valence-electron chi connectivity index (χ4n) is 3.13. The molecule has 29 heavy (non-hydrogen) atoms. The molecular formula is C20H27FN4O4. The Hall–Kier alpha value is -2.97. The zero-order valence-corrected chi connectivity index (χ0v) is 16.9. The van der Waals surface area contributed by atoms with Crippen LogP contribution in [-0.2, 0) is 15.1 Å². The van der Waals surface area contributed by atoms with Gasteiger partial charge in [-0.3, -0.25) is 19.8 Å². The smallest absolute Gasteiger partial charge is 0.325 e. The van der Waals surface area contributed by atoms with Gasteiger partial charge in [-0.15, -0.1) is 0 Å². The van der Waals surface area contributed by atoms with Gasteiger partial charge < -0.3 is 10.6 Å². The predicted octanol–water partition coefficient (Wildman–Crippen LogP) is 2.39. The van der Waals surface area contributed by atoms with Crippen molar-refractivity contribution in [2.45, 2.75) is 58.0 Å². The van der Waals surface area contributed by atoms with Crippen LogP contribution in [0.2, 0.25) is 0 Å². The Labute approximate surface area is 169 Å². The molecule has 2 rings (SSSR count). The standard InChI is InChI=1S/C20H27FN4O4/c1-4-6-11-20(14-7-9-15(21)10-8-14)17(27)25(19(29)24-20)12-16(26)23-18(28)22-13(3)5-2/h7-10,13H,4-6,11-12H2,1-3H3,(H,24,29)(H2,22,23,26,28)/t13-,20+/m1/s1. The van der Waals surface area contributed by atoms with Gasteiger partial charge in [0.05, 0.1) is 0 Å². The Morgan fingerprint density at radius 3 is 2.45 bits per heavy atom. The molecule has 6 amide bonds. The van der Waals surface area contributed by atoms with Crippen LogP contribution >= 0.6 is 0 Å². The minimum atomic E-state index is -1.36. The van der Waals surface area contributed by atoms with Crippen molar-refractivity contribution in [1.29, 1.82) is 0 Å². The molecular weight excluding hydrogens is 379 g/mol. The second kappa shape index (κ2) is 9.49. The van der Waals surface area contributed by atoms with Crippen LogP contribution in [0, 0.1) is 5.82 Å². The van der Waals surface area contributed by atoms with Crippen LogP contribution in [0.15, 0.2) is 24.3 Å². The van der Waals surface area contributed by atoms with Crippen LogP contribution < -0.4 is 16.0 Å². The molecule has 1 heterocycles. The third-order valence-electron chi connectivity index (χ3n) is 4.96. The number of hydrogen-bond donors (Lipinski definition) is 3.